The number of aliphatic hydroxyl groups excluding tert-OH is 2. The van der Waals surface area contributed by atoms with Crippen LogP contribution in [0.4, 0.5) is 10.6 Å². The van der Waals surface area contributed by atoms with Crippen LogP contribution in [-0.2, 0) is 4.74 Å². The van der Waals surface area contributed by atoms with Crippen LogP contribution < -0.4 is 5.32 Å². The maximum Gasteiger partial charge on any atom is 0.407 e. The van der Waals surface area contributed by atoms with Crippen LogP contribution in [0.1, 0.15) is 19.1 Å². The number of ether oxygens (including phenoxy) is 1. The molecule has 0 bridgehead atoms. The minimum atomic E-state index is -1.22. The van der Waals surface area contributed by atoms with Gasteiger partial charge in [0.15, 0.2) is 23.2 Å². The predicted octanol–water partition coefficient (Wildman–Crippen LogP) is -0.367. The van der Waals surface area contributed by atoms with Crippen molar-refractivity contribution in [3.8, 4) is 12.3 Å². The Bertz CT molecular complexity index is 918. The average Bonchev–Trinajstić information content (AvgIpc) is 3.24. The summed E-state index contributed by atoms with van der Waals surface area (Å²) in [7, 11) is 0. The van der Waals surface area contributed by atoms with Crippen LogP contribution in [0.15, 0.2) is 12.7 Å². The fraction of sp³-hybridized carbons (Fsp3) is 0.529. The third kappa shape index (κ3) is 3.11. The molecule has 28 heavy (non-hydrogen) atoms. The van der Waals surface area contributed by atoms with Gasteiger partial charge in [-0.3, -0.25) is 4.57 Å². The van der Waals surface area contributed by atoms with E-state index in [1.165, 1.54) is 22.1 Å². The molecule has 0 saturated carbocycles. The lowest BCUT2D eigenvalue weighted by Gasteiger charge is -2.30. The molecule has 0 unspecified atom stereocenters. The van der Waals surface area contributed by atoms with Gasteiger partial charge in [-0.2, -0.15) is 0 Å². The van der Waals surface area contributed by atoms with Crippen LogP contribution in [0, 0.1) is 12.3 Å². The summed E-state index contributed by atoms with van der Waals surface area (Å²) < 4.78 is 7.07. The highest BCUT2D eigenvalue weighted by Gasteiger charge is 2.43. The van der Waals surface area contributed by atoms with E-state index in [0.29, 0.717) is 42.9 Å². The fourth-order valence-corrected chi connectivity index (χ4v) is 3.58. The number of piperidine rings is 1. The quantitative estimate of drug-likeness (QED) is 0.517. The molecule has 2 aliphatic heterocycles. The van der Waals surface area contributed by atoms with E-state index >= 15 is 0 Å². The number of aliphatic hydroxyl groups is 2. The Morgan fingerprint density at radius 2 is 2.00 bits per heavy atom. The molecule has 2 fully saturated rings. The van der Waals surface area contributed by atoms with Crippen LogP contribution >= 0.6 is 0 Å². The van der Waals surface area contributed by atoms with Crippen LogP contribution in [-0.4, -0.2) is 83.3 Å². The summed E-state index contributed by atoms with van der Waals surface area (Å²) in [5.74, 6) is 2.82. The molecule has 0 radical (unpaired) electrons. The van der Waals surface area contributed by atoms with Gasteiger partial charge in [0.1, 0.15) is 24.6 Å². The minimum Gasteiger partial charge on any atom is -0.465 e. The summed E-state index contributed by atoms with van der Waals surface area (Å²) >= 11 is 0. The lowest BCUT2D eigenvalue weighted by atomic mass is 10.1. The first kappa shape index (κ1) is 18.4. The number of terminal acetylenes is 1. The van der Waals surface area contributed by atoms with Crippen molar-refractivity contribution in [3.63, 3.8) is 0 Å². The van der Waals surface area contributed by atoms with Gasteiger partial charge < -0.3 is 30.3 Å². The van der Waals surface area contributed by atoms with E-state index in [0.717, 1.165) is 0 Å². The summed E-state index contributed by atoms with van der Waals surface area (Å²) in [6.07, 6.45) is 4.28. The number of hydrogen-bond donors (Lipinski definition) is 4. The van der Waals surface area contributed by atoms with E-state index in [4.69, 9.17) is 16.3 Å². The summed E-state index contributed by atoms with van der Waals surface area (Å²) in [6, 6.07) is 0.0554. The second kappa shape index (κ2) is 7.23. The van der Waals surface area contributed by atoms with Gasteiger partial charge in [-0.15, -0.1) is 6.42 Å². The predicted molar refractivity (Wildman–Crippen MR) is 96.3 cm³/mol. The Hall–Kier alpha value is -2.94. The molecule has 4 N–H and O–H groups in total. The lowest BCUT2D eigenvalue weighted by molar-refractivity contribution is -0.0230. The average molecular weight is 388 g/mol. The summed E-state index contributed by atoms with van der Waals surface area (Å²) in [6.45, 7) is 0.895. The molecular weight excluding hydrogens is 368 g/mol. The first-order valence-corrected chi connectivity index (χ1v) is 8.89. The van der Waals surface area contributed by atoms with Gasteiger partial charge in [0.2, 0.25) is 0 Å². The number of amides is 1. The molecule has 11 heteroatoms. The number of nitrogens with zero attached hydrogens (tertiary/aromatic N) is 5. The number of anilines is 1. The number of carbonyl (C=O) groups is 1. The molecule has 2 aromatic rings. The molecule has 1 amide bonds. The Balaban J connectivity index is 1.55. The van der Waals surface area contributed by atoms with Gasteiger partial charge in [-0.1, -0.05) is 5.92 Å². The molecule has 0 spiro atoms. The van der Waals surface area contributed by atoms with Gasteiger partial charge in [-0.25, -0.2) is 19.7 Å². The molecule has 0 aliphatic carbocycles. The molecule has 4 rings (SSSR count). The number of rotatable bonds is 3. The standard InChI is InChI=1S/C17H20N6O5/c1-2-10-12(24)13(25)16(28-10)23-8-20-11-14(18-7-19-15(11)23)21-9-3-5-22(6-4-9)17(26)27/h1,7-10,12-13,16,24-25H,3-6H2,(H,26,27)(H,18,19,21)/t10-,12-,13+,16-/m1/s1. The molecule has 148 valence electrons. The highest BCUT2D eigenvalue weighted by atomic mass is 16.6. The molecule has 2 aromatic heterocycles. The molecular formula is C17H20N6O5. The first-order chi connectivity index (χ1) is 13.5. The monoisotopic (exact) mass is 388 g/mol. The maximum absolute atomic E-state index is 11.0. The zero-order chi connectivity index (χ0) is 19.8. The number of hydrogen-bond acceptors (Lipinski definition) is 8. The van der Waals surface area contributed by atoms with Crippen LogP contribution in [0.3, 0.4) is 0 Å². The van der Waals surface area contributed by atoms with Crippen LogP contribution in [0.2, 0.25) is 0 Å². The van der Waals surface area contributed by atoms with Crippen molar-refractivity contribution in [3.05, 3.63) is 12.7 Å². The smallest absolute Gasteiger partial charge is 0.407 e. The molecule has 11 nitrogen and oxygen atoms in total. The second-order valence-electron chi connectivity index (χ2n) is 6.83. The SMILES string of the molecule is C#C[C@H]1O[C@@H](n2cnc3c(NC4CCN(C(=O)O)CC4)ncnc32)[C@@H](O)[C@@H]1O. The van der Waals surface area contributed by atoms with Crippen molar-refractivity contribution in [1.82, 2.24) is 24.4 Å². The van der Waals surface area contributed by atoms with Crippen molar-refractivity contribution in [2.45, 2.75) is 43.4 Å². The normalized spacial score (nSPS) is 28.4. The number of fused-ring (bicyclic) bond motifs is 1. The number of likely N-dealkylation sites (tertiary alicyclic amines) is 1. The van der Waals surface area contributed by atoms with E-state index in [1.807, 2.05) is 0 Å². The number of aromatic nitrogens is 4. The summed E-state index contributed by atoms with van der Waals surface area (Å²) in [5.41, 5.74) is 0.909. The van der Waals surface area contributed by atoms with Gasteiger partial charge in [0.05, 0.1) is 6.33 Å². The molecule has 0 aromatic carbocycles. The zero-order valence-corrected chi connectivity index (χ0v) is 14.8. The van der Waals surface area contributed by atoms with Gasteiger partial charge in [0.25, 0.3) is 0 Å². The van der Waals surface area contributed by atoms with E-state index < -0.39 is 30.6 Å². The Morgan fingerprint density at radius 3 is 2.64 bits per heavy atom. The molecule has 2 saturated heterocycles. The highest BCUT2D eigenvalue weighted by molar-refractivity contribution is 5.82. The van der Waals surface area contributed by atoms with Crippen molar-refractivity contribution < 1.29 is 24.9 Å². The third-order valence-corrected chi connectivity index (χ3v) is 5.14. The fourth-order valence-electron chi connectivity index (χ4n) is 3.58. The molecule has 4 atom stereocenters. The van der Waals surface area contributed by atoms with E-state index in [2.05, 4.69) is 26.2 Å². The summed E-state index contributed by atoms with van der Waals surface area (Å²) in [5, 5.41) is 32.6. The van der Waals surface area contributed by atoms with Crippen molar-refractivity contribution in [2.24, 2.45) is 0 Å². The first-order valence-electron chi connectivity index (χ1n) is 8.89. The van der Waals surface area contributed by atoms with E-state index in [1.54, 1.807) is 0 Å². The molecule has 2 aliphatic rings. The largest absolute Gasteiger partial charge is 0.465 e. The topological polar surface area (TPSA) is 146 Å². The molecule has 4 heterocycles. The Kier molecular flexibility index (Phi) is 4.76. The lowest BCUT2D eigenvalue weighted by Crippen LogP contribution is -2.41. The summed E-state index contributed by atoms with van der Waals surface area (Å²) in [4.78, 5) is 25.2. The van der Waals surface area contributed by atoms with Crippen molar-refractivity contribution in [2.75, 3.05) is 18.4 Å². The Labute approximate surface area is 160 Å². The van der Waals surface area contributed by atoms with E-state index in [9.17, 15) is 15.0 Å². The maximum atomic E-state index is 11.0. The number of carboxylic acid groups (broad SMARTS) is 1. The zero-order valence-electron chi connectivity index (χ0n) is 14.8. The highest BCUT2D eigenvalue weighted by Crippen LogP contribution is 2.32. The number of imidazole rings is 1. The van der Waals surface area contributed by atoms with Gasteiger partial charge in [-0.05, 0) is 12.8 Å². The van der Waals surface area contributed by atoms with Gasteiger partial charge >= 0.3 is 6.09 Å². The number of nitrogens with one attached hydrogen (secondary N) is 1. The third-order valence-electron chi connectivity index (χ3n) is 5.14. The van der Waals surface area contributed by atoms with Crippen LogP contribution in [0.5, 0.6) is 0 Å². The second-order valence-corrected chi connectivity index (χ2v) is 6.83. The van der Waals surface area contributed by atoms with Gasteiger partial charge in [0, 0.05) is 19.1 Å². The van der Waals surface area contributed by atoms with Crippen molar-refractivity contribution in [1.29, 1.82) is 0 Å². The van der Waals surface area contributed by atoms with Crippen LogP contribution in [0.25, 0.3) is 11.2 Å². The van der Waals surface area contributed by atoms with Crippen molar-refractivity contribution >= 4 is 23.1 Å². The minimum absolute atomic E-state index is 0.0554. The van der Waals surface area contributed by atoms with E-state index in [-0.39, 0.29) is 6.04 Å². The Morgan fingerprint density at radius 1 is 1.25 bits per heavy atom.